The molecule has 7 nitrogen and oxygen atoms in total. The van der Waals surface area contributed by atoms with Gasteiger partial charge in [-0.15, -0.1) is 0 Å². The lowest BCUT2D eigenvalue weighted by molar-refractivity contribution is 0.601. The second-order valence-electron chi connectivity index (χ2n) is 3.99. The number of pyridine rings is 1. The van der Waals surface area contributed by atoms with E-state index in [1.807, 2.05) is 6.92 Å². The molecule has 0 saturated carbocycles. The summed E-state index contributed by atoms with van der Waals surface area (Å²) < 4.78 is 28.7. The summed E-state index contributed by atoms with van der Waals surface area (Å²) in [5, 5.41) is 3.80. The molecule has 2 aromatic heterocycles. The molecule has 2 heterocycles. The first kappa shape index (κ1) is 13.8. The highest BCUT2D eigenvalue weighted by atomic mass is 79.9. The van der Waals surface area contributed by atoms with E-state index in [2.05, 4.69) is 30.7 Å². The first-order valence-corrected chi connectivity index (χ1v) is 7.51. The number of hydrogen-bond acceptors (Lipinski definition) is 5. The number of nitrogens with zero attached hydrogens (tertiary/aromatic N) is 3. The number of nitrogens with one attached hydrogen (secondary N) is 1. The van der Waals surface area contributed by atoms with Crippen LogP contribution in [0.4, 0.5) is 11.5 Å². The standard InChI is InChI=1S/C10H12BrN5O2S/c1-6-3-7(4-13-9(6)11)15-19(17,18)8-5-16(2)14-10(8)12/h3-5,15H,1-2H3,(H2,12,14). The summed E-state index contributed by atoms with van der Waals surface area (Å²) in [7, 11) is -2.17. The van der Waals surface area contributed by atoms with Gasteiger partial charge < -0.3 is 5.73 Å². The zero-order valence-corrected chi connectivity index (χ0v) is 12.7. The van der Waals surface area contributed by atoms with E-state index in [9.17, 15) is 8.42 Å². The zero-order valence-electron chi connectivity index (χ0n) is 10.3. The maximum absolute atomic E-state index is 12.1. The quantitative estimate of drug-likeness (QED) is 0.815. The fourth-order valence-corrected chi connectivity index (χ4v) is 2.87. The zero-order chi connectivity index (χ0) is 14.2. The van der Waals surface area contributed by atoms with Crippen LogP contribution in [0.3, 0.4) is 0 Å². The maximum Gasteiger partial charge on any atom is 0.267 e. The van der Waals surface area contributed by atoms with Gasteiger partial charge in [-0.05, 0) is 34.5 Å². The van der Waals surface area contributed by atoms with Gasteiger partial charge in [0.2, 0.25) is 0 Å². The van der Waals surface area contributed by atoms with Crippen LogP contribution in [0.2, 0.25) is 0 Å². The minimum absolute atomic E-state index is 0.0446. The fraction of sp³-hybridized carbons (Fsp3) is 0.200. The molecule has 0 aliphatic rings. The SMILES string of the molecule is Cc1cc(NS(=O)(=O)c2cn(C)nc2N)cnc1Br. The van der Waals surface area contributed by atoms with Gasteiger partial charge in [0.1, 0.15) is 9.50 Å². The lowest BCUT2D eigenvalue weighted by Crippen LogP contribution is -2.14. The molecular formula is C10H12BrN5O2S. The highest BCUT2D eigenvalue weighted by Crippen LogP contribution is 2.22. The van der Waals surface area contributed by atoms with E-state index in [0.717, 1.165) is 5.56 Å². The van der Waals surface area contributed by atoms with Gasteiger partial charge in [0, 0.05) is 13.2 Å². The van der Waals surface area contributed by atoms with Crippen molar-refractivity contribution in [1.82, 2.24) is 14.8 Å². The molecule has 2 rings (SSSR count). The van der Waals surface area contributed by atoms with Crippen molar-refractivity contribution < 1.29 is 8.42 Å². The molecule has 0 atom stereocenters. The Hall–Kier alpha value is -1.61. The molecule has 2 aromatic rings. The van der Waals surface area contributed by atoms with E-state index in [1.54, 1.807) is 13.1 Å². The molecule has 102 valence electrons. The summed E-state index contributed by atoms with van der Waals surface area (Å²) in [5.41, 5.74) is 6.74. The molecule has 0 saturated heterocycles. The molecule has 0 fully saturated rings. The molecule has 0 bridgehead atoms. The van der Waals surface area contributed by atoms with Crippen molar-refractivity contribution in [2.45, 2.75) is 11.8 Å². The molecular weight excluding hydrogens is 334 g/mol. The number of aryl methyl sites for hydroxylation is 2. The number of rotatable bonds is 3. The number of aromatic nitrogens is 3. The van der Waals surface area contributed by atoms with Crippen LogP contribution < -0.4 is 10.5 Å². The van der Waals surface area contributed by atoms with Crippen LogP contribution in [0.5, 0.6) is 0 Å². The predicted molar refractivity (Wildman–Crippen MR) is 75.1 cm³/mol. The molecule has 0 unspecified atom stereocenters. The number of nitrogen functional groups attached to an aromatic ring is 1. The van der Waals surface area contributed by atoms with Gasteiger partial charge in [0.15, 0.2) is 5.82 Å². The summed E-state index contributed by atoms with van der Waals surface area (Å²) >= 11 is 3.25. The molecule has 0 aliphatic carbocycles. The van der Waals surface area contributed by atoms with Crippen LogP contribution in [0.25, 0.3) is 0 Å². The van der Waals surface area contributed by atoms with E-state index in [1.165, 1.54) is 17.1 Å². The molecule has 0 amide bonds. The molecule has 0 radical (unpaired) electrons. The van der Waals surface area contributed by atoms with Crippen LogP contribution in [-0.4, -0.2) is 23.2 Å². The Kier molecular flexibility index (Phi) is 3.50. The van der Waals surface area contributed by atoms with Crippen LogP contribution >= 0.6 is 15.9 Å². The Morgan fingerprint density at radius 1 is 1.47 bits per heavy atom. The summed E-state index contributed by atoms with van der Waals surface area (Å²) in [6.07, 6.45) is 2.76. The molecule has 0 aliphatic heterocycles. The fourth-order valence-electron chi connectivity index (χ4n) is 1.52. The topological polar surface area (TPSA) is 103 Å². The first-order valence-electron chi connectivity index (χ1n) is 5.23. The highest BCUT2D eigenvalue weighted by molar-refractivity contribution is 9.10. The molecule has 3 N–H and O–H groups in total. The van der Waals surface area contributed by atoms with Gasteiger partial charge in [-0.2, -0.15) is 5.10 Å². The van der Waals surface area contributed by atoms with Crippen LogP contribution in [0, 0.1) is 6.92 Å². The number of anilines is 2. The third-order valence-corrected chi connectivity index (χ3v) is 4.61. The molecule has 19 heavy (non-hydrogen) atoms. The lowest BCUT2D eigenvalue weighted by Gasteiger charge is -2.07. The van der Waals surface area contributed by atoms with Gasteiger partial charge in [-0.1, -0.05) is 0 Å². The van der Waals surface area contributed by atoms with Crippen LogP contribution in [0.1, 0.15) is 5.56 Å². The Balaban J connectivity index is 2.36. The monoisotopic (exact) mass is 345 g/mol. The van der Waals surface area contributed by atoms with Crippen molar-refractivity contribution in [1.29, 1.82) is 0 Å². The van der Waals surface area contributed by atoms with Crippen LogP contribution in [-0.2, 0) is 17.1 Å². The Bertz CT molecular complexity index is 726. The summed E-state index contributed by atoms with van der Waals surface area (Å²) in [4.78, 5) is 3.96. The minimum Gasteiger partial charge on any atom is -0.381 e. The normalized spacial score (nSPS) is 11.5. The van der Waals surface area contributed by atoms with E-state index >= 15 is 0 Å². The van der Waals surface area contributed by atoms with Crippen LogP contribution in [0.15, 0.2) is 28.0 Å². The average Bonchev–Trinajstić information content (AvgIpc) is 2.63. The summed E-state index contributed by atoms with van der Waals surface area (Å²) in [6.45, 7) is 1.81. The van der Waals surface area contributed by atoms with Gasteiger partial charge in [-0.25, -0.2) is 13.4 Å². The maximum atomic E-state index is 12.1. The van der Waals surface area contributed by atoms with Gasteiger partial charge in [0.05, 0.1) is 11.9 Å². The van der Waals surface area contributed by atoms with Crippen molar-refractivity contribution in [2.75, 3.05) is 10.5 Å². The summed E-state index contributed by atoms with van der Waals surface area (Å²) in [5.74, 6) is -0.0446. The second-order valence-corrected chi connectivity index (χ2v) is 6.39. The third-order valence-electron chi connectivity index (χ3n) is 2.38. The van der Waals surface area contributed by atoms with Gasteiger partial charge in [-0.3, -0.25) is 9.40 Å². The van der Waals surface area contributed by atoms with E-state index in [0.29, 0.717) is 10.3 Å². The first-order chi connectivity index (χ1) is 8.79. The number of halogens is 1. The number of hydrogen-bond donors (Lipinski definition) is 2. The number of sulfonamides is 1. The van der Waals surface area contributed by atoms with Gasteiger partial charge >= 0.3 is 0 Å². The number of nitrogens with two attached hydrogens (primary N) is 1. The van der Waals surface area contributed by atoms with Crippen molar-refractivity contribution in [3.8, 4) is 0 Å². The Labute approximate surface area is 119 Å². The minimum atomic E-state index is -3.77. The average molecular weight is 346 g/mol. The Morgan fingerprint density at radius 2 is 2.16 bits per heavy atom. The lowest BCUT2D eigenvalue weighted by atomic mass is 10.3. The van der Waals surface area contributed by atoms with Crippen molar-refractivity contribution in [3.63, 3.8) is 0 Å². The smallest absolute Gasteiger partial charge is 0.267 e. The second kappa shape index (κ2) is 4.82. The van der Waals surface area contributed by atoms with E-state index in [4.69, 9.17) is 5.73 Å². The predicted octanol–water partition coefficient (Wildman–Crippen LogP) is 1.27. The third kappa shape index (κ3) is 2.87. The van der Waals surface area contributed by atoms with Crippen molar-refractivity contribution in [3.05, 3.63) is 28.6 Å². The molecule has 0 aromatic carbocycles. The van der Waals surface area contributed by atoms with Gasteiger partial charge in [0.25, 0.3) is 10.0 Å². The largest absolute Gasteiger partial charge is 0.381 e. The summed E-state index contributed by atoms with van der Waals surface area (Å²) in [6, 6.07) is 1.67. The van der Waals surface area contributed by atoms with E-state index in [-0.39, 0.29) is 10.7 Å². The highest BCUT2D eigenvalue weighted by Gasteiger charge is 2.21. The Morgan fingerprint density at radius 3 is 2.68 bits per heavy atom. The molecule has 9 heteroatoms. The van der Waals surface area contributed by atoms with Crippen molar-refractivity contribution >= 4 is 37.5 Å². The molecule has 0 spiro atoms. The van der Waals surface area contributed by atoms with Crippen molar-refractivity contribution in [2.24, 2.45) is 7.05 Å². The van der Waals surface area contributed by atoms with E-state index < -0.39 is 10.0 Å².